The van der Waals surface area contributed by atoms with E-state index in [4.69, 9.17) is 17.3 Å². The van der Waals surface area contributed by atoms with Crippen LogP contribution < -0.4 is 10.6 Å². The average molecular weight is 451 g/mol. The van der Waals surface area contributed by atoms with Crippen LogP contribution in [0.25, 0.3) is 0 Å². The Labute approximate surface area is 189 Å². The molecule has 0 aliphatic carbocycles. The number of para-hydroxylation sites is 1. The third-order valence-corrected chi connectivity index (χ3v) is 5.41. The van der Waals surface area contributed by atoms with E-state index in [1.165, 1.54) is 0 Å². The maximum atomic E-state index is 12.8. The van der Waals surface area contributed by atoms with Crippen LogP contribution in [-0.2, 0) is 11.2 Å². The summed E-state index contributed by atoms with van der Waals surface area (Å²) in [7, 11) is 3.50. The van der Waals surface area contributed by atoms with Crippen molar-refractivity contribution in [3.63, 3.8) is 0 Å². The zero-order valence-corrected chi connectivity index (χ0v) is 18.8. The smallest absolute Gasteiger partial charge is 0.255 e. The van der Waals surface area contributed by atoms with Crippen LogP contribution in [0.1, 0.15) is 15.9 Å². The summed E-state index contributed by atoms with van der Waals surface area (Å²) in [5, 5.41) is 0.665. The second-order valence-electron chi connectivity index (χ2n) is 7.47. The van der Waals surface area contributed by atoms with Gasteiger partial charge in [-0.3, -0.25) is 9.59 Å². The largest absolute Gasteiger partial charge is 0.367 e. The monoisotopic (exact) mass is 450 g/mol. The summed E-state index contributed by atoms with van der Waals surface area (Å²) >= 11 is 5.91. The predicted molar refractivity (Wildman–Crippen MR) is 124 cm³/mol. The Kier molecular flexibility index (Phi) is 8.53. The second kappa shape index (κ2) is 10.7. The molecule has 2 N–H and O–H groups in total. The average Bonchev–Trinajstić information content (AvgIpc) is 2.74. The molecule has 1 heterocycles. The lowest BCUT2D eigenvalue weighted by Crippen LogP contribution is -2.54. The molecule has 0 saturated carbocycles. The van der Waals surface area contributed by atoms with Gasteiger partial charge in [-0.15, -0.1) is 12.4 Å². The lowest BCUT2D eigenvalue weighted by Gasteiger charge is -2.38. The van der Waals surface area contributed by atoms with Crippen molar-refractivity contribution < 1.29 is 9.59 Å². The first-order valence-electron chi connectivity index (χ1n) is 9.71. The molecule has 162 valence electrons. The van der Waals surface area contributed by atoms with Crippen LogP contribution in [0.3, 0.4) is 0 Å². The van der Waals surface area contributed by atoms with Gasteiger partial charge in [-0.2, -0.15) is 0 Å². The number of hydrogen-bond donors (Lipinski definition) is 1. The van der Waals surface area contributed by atoms with Gasteiger partial charge < -0.3 is 20.4 Å². The third kappa shape index (κ3) is 5.65. The molecular formula is C22H28Cl2N4O2. The molecule has 8 heteroatoms. The predicted octanol–water partition coefficient (Wildman–Crippen LogP) is 2.68. The first-order chi connectivity index (χ1) is 13.9. The quantitative estimate of drug-likeness (QED) is 0.759. The van der Waals surface area contributed by atoms with E-state index in [2.05, 4.69) is 4.90 Å². The number of anilines is 1. The minimum Gasteiger partial charge on any atom is -0.367 e. The molecule has 6 nitrogen and oxygen atoms in total. The minimum atomic E-state index is -0.578. The van der Waals surface area contributed by atoms with Gasteiger partial charge in [0.05, 0.1) is 11.6 Å². The molecule has 30 heavy (non-hydrogen) atoms. The summed E-state index contributed by atoms with van der Waals surface area (Å²) in [5.41, 5.74) is 8.75. The number of carbonyl (C=O) groups excluding carboxylic acids is 2. The van der Waals surface area contributed by atoms with E-state index in [1.54, 1.807) is 31.1 Å². The van der Waals surface area contributed by atoms with Crippen LogP contribution in [0.15, 0.2) is 48.5 Å². The molecule has 0 bridgehead atoms. The SMILES string of the molecule is CN(C)C(=O)c1ccccc1N1CCN(C(=O)[C@H](N)Cc2ccc(Cl)cc2)CC1.Cl. The van der Waals surface area contributed by atoms with Crippen LogP contribution >= 0.6 is 24.0 Å². The van der Waals surface area contributed by atoms with Gasteiger partial charge in [-0.05, 0) is 36.2 Å². The molecule has 2 amide bonds. The lowest BCUT2D eigenvalue weighted by molar-refractivity contribution is -0.132. The second-order valence-corrected chi connectivity index (χ2v) is 7.90. The van der Waals surface area contributed by atoms with Crippen molar-refractivity contribution in [3.05, 3.63) is 64.7 Å². The van der Waals surface area contributed by atoms with Gasteiger partial charge in [-0.25, -0.2) is 0 Å². The molecule has 2 aromatic rings. The first-order valence-corrected chi connectivity index (χ1v) is 10.1. The number of nitrogens with two attached hydrogens (primary N) is 1. The van der Waals surface area contributed by atoms with Crippen LogP contribution in [0.2, 0.25) is 5.02 Å². The fourth-order valence-corrected chi connectivity index (χ4v) is 3.66. The molecule has 1 fully saturated rings. The molecule has 1 saturated heterocycles. The van der Waals surface area contributed by atoms with Gasteiger partial charge in [0.15, 0.2) is 0 Å². The third-order valence-electron chi connectivity index (χ3n) is 5.16. The number of amides is 2. The van der Waals surface area contributed by atoms with E-state index < -0.39 is 6.04 Å². The van der Waals surface area contributed by atoms with Crippen LogP contribution in [0.4, 0.5) is 5.69 Å². The Balaban J connectivity index is 0.00000320. The molecule has 2 aromatic carbocycles. The maximum Gasteiger partial charge on any atom is 0.255 e. The highest BCUT2D eigenvalue weighted by Crippen LogP contribution is 2.23. The van der Waals surface area contributed by atoms with Gasteiger partial charge >= 0.3 is 0 Å². The Morgan fingerprint density at radius 3 is 2.23 bits per heavy atom. The summed E-state index contributed by atoms with van der Waals surface area (Å²) in [6.07, 6.45) is 0.483. The topological polar surface area (TPSA) is 69.9 Å². The van der Waals surface area contributed by atoms with Crippen molar-refractivity contribution in [2.24, 2.45) is 5.73 Å². The van der Waals surface area contributed by atoms with E-state index >= 15 is 0 Å². The molecule has 1 atom stereocenters. The zero-order valence-electron chi connectivity index (χ0n) is 17.3. The van der Waals surface area contributed by atoms with Crippen LogP contribution in [0.5, 0.6) is 0 Å². The van der Waals surface area contributed by atoms with Crippen molar-refractivity contribution in [2.75, 3.05) is 45.2 Å². The summed E-state index contributed by atoms with van der Waals surface area (Å²) in [5.74, 6) is -0.0682. The van der Waals surface area contributed by atoms with Crippen LogP contribution in [0, 0.1) is 0 Å². The lowest BCUT2D eigenvalue weighted by atomic mass is 10.0. The van der Waals surface area contributed by atoms with E-state index in [0.29, 0.717) is 43.2 Å². The number of piperazine rings is 1. The number of halogens is 2. The highest BCUT2D eigenvalue weighted by molar-refractivity contribution is 6.30. The fraction of sp³-hybridized carbons (Fsp3) is 0.364. The molecule has 0 aromatic heterocycles. The standard InChI is InChI=1S/C22H27ClN4O2.ClH/c1-25(2)21(28)18-5-3-4-6-20(18)26-11-13-27(14-12-26)22(29)19(24)15-16-7-9-17(23)10-8-16;/h3-10,19H,11-15,24H2,1-2H3;1H/t19-;/m1./s1. The minimum absolute atomic E-state index is 0. The normalized spacial score (nSPS) is 14.7. The summed E-state index contributed by atoms with van der Waals surface area (Å²) in [4.78, 5) is 30.8. The molecule has 1 aliphatic heterocycles. The Morgan fingerprint density at radius 1 is 1.03 bits per heavy atom. The molecular weight excluding hydrogens is 423 g/mol. The summed E-state index contributed by atoms with van der Waals surface area (Å²) < 4.78 is 0. The number of hydrogen-bond acceptors (Lipinski definition) is 4. The van der Waals surface area contributed by atoms with Crippen molar-refractivity contribution in [1.29, 1.82) is 0 Å². The maximum absolute atomic E-state index is 12.8. The Bertz CT molecular complexity index is 866. The molecule has 1 aliphatic rings. The Hall–Kier alpha value is -2.28. The summed E-state index contributed by atoms with van der Waals surface area (Å²) in [6.45, 7) is 2.49. The van der Waals surface area contributed by atoms with E-state index in [1.807, 2.05) is 41.3 Å². The Morgan fingerprint density at radius 2 is 1.63 bits per heavy atom. The molecule has 0 spiro atoms. The van der Waals surface area contributed by atoms with Crippen molar-refractivity contribution >= 4 is 41.5 Å². The molecule has 0 unspecified atom stereocenters. The molecule has 3 rings (SSSR count). The van der Waals surface area contributed by atoms with Gasteiger partial charge in [0.2, 0.25) is 5.91 Å². The highest BCUT2D eigenvalue weighted by Gasteiger charge is 2.27. The van der Waals surface area contributed by atoms with Gasteiger partial charge in [0.1, 0.15) is 0 Å². The fourth-order valence-electron chi connectivity index (χ4n) is 3.54. The molecule has 0 radical (unpaired) electrons. The zero-order chi connectivity index (χ0) is 21.0. The number of rotatable bonds is 5. The van der Waals surface area contributed by atoms with Gasteiger partial charge in [0, 0.05) is 51.0 Å². The van der Waals surface area contributed by atoms with E-state index in [9.17, 15) is 9.59 Å². The number of benzene rings is 2. The number of nitrogens with zero attached hydrogens (tertiary/aromatic N) is 3. The van der Waals surface area contributed by atoms with Crippen molar-refractivity contribution in [3.8, 4) is 0 Å². The van der Waals surface area contributed by atoms with Gasteiger partial charge in [-0.1, -0.05) is 35.9 Å². The van der Waals surface area contributed by atoms with E-state index in [0.717, 1.165) is 11.3 Å². The number of carbonyl (C=O) groups is 2. The van der Waals surface area contributed by atoms with Gasteiger partial charge in [0.25, 0.3) is 5.91 Å². The van der Waals surface area contributed by atoms with Crippen LogP contribution in [-0.4, -0.2) is 67.9 Å². The summed E-state index contributed by atoms with van der Waals surface area (Å²) in [6, 6.07) is 14.4. The first kappa shape index (κ1) is 24.0. The highest BCUT2D eigenvalue weighted by atomic mass is 35.5. The van der Waals surface area contributed by atoms with Crippen molar-refractivity contribution in [2.45, 2.75) is 12.5 Å². The van der Waals surface area contributed by atoms with Crippen molar-refractivity contribution in [1.82, 2.24) is 9.80 Å². The van der Waals surface area contributed by atoms with E-state index in [-0.39, 0.29) is 24.2 Å².